The summed E-state index contributed by atoms with van der Waals surface area (Å²) in [7, 11) is 4.52. The molecule has 0 saturated heterocycles. The van der Waals surface area contributed by atoms with E-state index in [1.807, 2.05) is 0 Å². The van der Waals surface area contributed by atoms with Crippen LogP contribution < -0.4 is 4.74 Å². The number of aromatic nitrogens is 1. The summed E-state index contributed by atoms with van der Waals surface area (Å²) in [5.41, 5.74) is -0.388. The molecule has 170 valence electrons. The minimum Gasteiger partial charge on any atom is -0.496 e. The number of hydrogen-bond acceptors (Lipinski definition) is 4. The molecule has 1 heterocycles. The standard InChI is InChI=1S/C22H20ClF3N2O4/c1-27(2)11-18-15(9-20(29)30)14-8-19(32-3)16(22(24,25)26)10-17(14)28(18)21(31)12-4-6-13(23)7-5-12/h4-8,10H,9,11H2,1-3H3,(H,29,30). The van der Waals surface area contributed by atoms with Gasteiger partial charge in [-0.2, -0.15) is 13.2 Å². The van der Waals surface area contributed by atoms with Crippen molar-refractivity contribution in [2.75, 3.05) is 21.2 Å². The molecule has 1 N–H and O–H groups in total. The highest BCUT2D eigenvalue weighted by molar-refractivity contribution is 6.30. The molecule has 0 fully saturated rings. The second kappa shape index (κ2) is 8.84. The quantitative estimate of drug-likeness (QED) is 0.568. The first-order valence-electron chi connectivity index (χ1n) is 9.42. The highest BCUT2D eigenvalue weighted by atomic mass is 35.5. The molecule has 0 aliphatic heterocycles. The third kappa shape index (κ3) is 4.58. The van der Waals surface area contributed by atoms with Crippen LogP contribution in [0.1, 0.15) is 27.2 Å². The van der Waals surface area contributed by atoms with Crippen LogP contribution in [0.5, 0.6) is 5.75 Å². The van der Waals surface area contributed by atoms with Crippen LogP contribution in [-0.4, -0.2) is 47.7 Å². The first kappa shape index (κ1) is 23.6. The zero-order valence-corrected chi connectivity index (χ0v) is 18.2. The lowest BCUT2D eigenvalue weighted by molar-refractivity contribution is -0.139. The number of methoxy groups -OCH3 is 1. The number of carboxylic acids is 1. The molecule has 3 aromatic rings. The maximum atomic E-state index is 13.7. The molecule has 0 aliphatic carbocycles. The van der Waals surface area contributed by atoms with Crippen LogP contribution in [0.2, 0.25) is 5.02 Å². The van der Waals surface area contributed by atoms with Crippen LogP contribution in [0.4, 0.5) is 13.2 Å². The SMILES string of the molecule is COc1cc2c(CC(=O)O)c(CN(C)C)n(C(=O)c3ccc(Cl)cc3)c2cc1C(F)(F)F. The van der Waals surface area contributed by atoms with Crippen molar-refractivity contribution in [2.45, 2.75) is 19.1 Å². The molecule has 0 unspecified atom stereocenters. The zero-order valence-electron chi connectivity index (χ0n) is 17.5. The third-order valence-corrected chi connectivity index (χ3v) is 5.15. The topological polar surface area (TPSA) is 71.8 Å². The number of carboxylic acid groups (broad SMARTS) is 1. The number of ether oxygens (including phenoxy) is 1. The number of carbonyl (C=O) groups is 2. The molecule has 6 nitrogen and oxygen atoms in total. The van der Waals surface area contributed by atoms with Gasteiger partial charge in [-0.25, -0.2) is 0 Å². The summed E-state index contributed by atoms with van der Waals surface area (Å²) in [5.74, 6) is -2.23. The Labute approximate surface area is 186 Å². The molecule has 10 heteroatoms. The van der Waals surface area contributed by atoms with Crippen molar-refractivity contribution in [3.8, 4) is 5.75 Å². The zero-order chi connectivity index (χ0) is 23.8. The minimum atomic E-state index is -4.74. The van der Waals surface area contributed by atoms with E-state index in [2.05, 4.69) is 0 Å². The third-order valence-electron chi connectivity index (χ3n) is 4.90. The Morgan fingerprint density at radius 1 is 1.16 bits per heavy atom. The lowest BCUT2D eigenvalue weighted by Gasteiger charge is -2.16. The lowest BCUT2D eigenvalue weighted by atomic mass is 10.0. The van der Waals surface area contributed by atoms with E-state index in [-0.39, 0.29) is 34.3 Å². The van der Waals surface area contributed by atoms with Crippen molar-refractivity contribution >= 4 is 34.4 Å². The van der Waals surface area contributed by atoms with Gasteiger partial charge in [0.25, 0.3) is 5.91 Å². The summed E-state index contributed by atoms with van der Waals surface area (Å²) in [6.07, 6.45) is -5.22. The number of alkyl halides is 3. The Morgan fingerprint density at radius 3 is 2.28 bits per heavy atom. The van der Waals surface area contributed by atoms with Crippen molar-refractivity contribution in [3.05, 3.63) is 63.8 Å². The smallest absolute Gasteiger partial charge is 0.420 e. The number of nitrogens with zero attached hydrogens (tertiary/aromatic N) is 2. The van der Waals surface area contributed by atoms with E-state index >= 15 is 0 Å². The fourth-order valence-electron chi connectivity index (χ4n) is 3.59. The number of fused-ring (bicyclic) bond motifs is 1. The number of halogens is 4. The van der Waals surface area contributed by atoms with Crippen molar-refractivity contribution in [2.24, 2.45) is 0 Å². The number of carbonyl (C=O) groups excluding carboxylic acids is 1. The van der Waals surface area contributed by atoms with Gasteiger partial charge in [-0.05, 0) is 56.1 Å². The summed E-state index contributed by atoms with van der Waals surface area (Å²) in [4.78, 5) is 26.7. The van der Waals surface area contributed by atoms with Gasteiger partial charge in [-0.15, -0.1) is 0 Å². The van der Waals surface area contributed by atoms with Crippen molar-refractivity contribution in [3.63, 3.8) is 0 Å². The van der Waals surface area contributed by atoms with E-state index in [4.69, 9.17) is 16.3 Å². The van der Waals surface area contributed by atoms with E-state index in [1.165, 1.54) is 24.3 Å². The second-order valence-corrected chi connectivity index (χ2v) is 7.88. The maximum absolute atomic E-state index is 13.7. The largest absolute Gasteiger partial charge is 0.496 e. The van der Waals surface area contributed by atoms with E-state index in [9.17, 15) is 27.9 Å². The fraction of sp³-hybridized carbons (Fsp3) is 0.273. The summed E-state index contributed by atoms with van der Waals surface area (Å²) >= 11 is 5.89. The van der Waals surface area contributed by atoms with Crippen LogP contribution >= 0.6 is 11.6 Å². The van der Waals surface area contributed by atoms with Crippen LogP contribution in [0.25, 0.3) is 10.9 Å². The minimum absolute atomic E-state index is 0.0498. The number of rotatable bonds is 6. The van der Waals surface area contributed by atoms with Crippen molar-refractivity contribution in [1.29, 1.82) is 0 Å². The van der Waals surface area contributed by atoms with E-state index < -0.39 is 35.8 Å². The number of aliphatic carboxylic acids is 1. The predicted molar refractivity (Wildman–Crippen MR) is 113 cm³/mol. The summed E-state index contributed by atoms with van der Waals surface area (Å²) in [5, 5.41) is 10.1. The molecule has 0 radical (unpaired) electrons. The van der Waals surface area contributed by atoms with Gasteiger partial charge in [0.1, 0.15) is 5.75 Å². The predicted octanol–water partition coefficient (Wildman–Crippen LogP) is 4.70. The fourth-order valence-corrected chi connectivity index (χ4v) is 3.71. The normalized spacial score (nSPS) is 11.9. The van der Waals surface area contributed by atoms with Crippen LogP contribution in [0.15, 0.2) is 36.4 Å². The van der Waals surface area contributed by atoms with Crippen molar-refractivity contribution in [1.82, 2.24) is 9.47 Å². The molecule has 0 spiro atoms. The van der Waals surface area contributed by atoms with E-state index in [0.29, 0.717) is 5.02 Å². The molecule has 0 atom stereocenters. The van der Waals surface area contributed by atoms with E-state index in [0.717, 1.165) is 23.8 Å². The summed E-state index contributed by atoms with van der Waals surface area (Å²) in [6, 6.07) is 7.87. The van der Waals surface area contributed by atoms with Gasteiger partial charge in [0.15, 0.2) is 0 Å². The van der Waals surface area contributed by atoms with E-state index in [1.54, 1.807) is 19.0 Å². The van der Waals surface area contributed by atoms with Gasteiger partial charge in [-0.3, -0.25) is 14.2 Å². The molecule has 3 rings (SSSR count). The lowest BCUT2D eigenvalue weighted by Crippen LogP contribution is -2.21. The molecule has 32 heavy (non-hydrogen) atoms. The first-order chi connectivity index (χ1) is 14.9. The monoisotopic (exact) mass is 468 g/mol. The van der Waals surface area contributed by atoms with Gasteiger partial charge in [-0.1, -0.05) is 11.6 Å². The Bertz CT molecular complexity index is 1180. The summed E-state index contributed by atoms with van der Waals surface area (Å²) < 4.78 is 47.2. The molecule has 1 aromatic heterocycles. The highest BCUT2D eigenvalue weighted by Gasteiger charge is 2.36. The summed E-state index contributed by atoms with van der Waals surface area (Å²) in [6.45, 7) is 0.125. The maximum Gasteiger partial charge on any atom is 0.420 e. The second-order valence-electron chi connectivity index (χ2n) is 7.45. The Hall–Kier alpha value is -3.04. The number of benzene rings is 2. The van der Waals surface area contributed by atoms with Gasteiger partial charge >= 0.3 is 12.1 Å². The van der Waals surface area contributed by atoms with Crippen LogP contribution in [0, 0.1) is 0 Å². The number of hydrogen-bond donors (Lipinski definition) is 1. The molecular formula is C22H20ClF3N2O4. The van der Waals surface area contributed by atoms with Crippen molar-refractivity contribution < 1.29 is 32.6 Å². The molecule has 0 saturated carbocycles. The molecule has 0 aliphatic rings. The Balaban J connectivity index is 2.43. The average molecular weight is 469 g/mol. The first-order valence-corrected chi connectivity index (χ1v) is 9.80. The highest BCUT2D eigenvalue weighted by Crippen LogP contribution is 2.41. The molecule has 0 bridgehead atoms. The molecule has 0 amide bonds. The Kier molecular flexibility index (Phi) is 6.52. The Morgan fingerprint density at radius 2 is 1.78 bits per heavy atom. The van der Waals surface area contributed by atoms with Gasteiger partial charge in [0, 0.05) is 28.2 Å². The van der Waals surface area contributed by atoms with Crippen LogP contribution in [-0.2, 0) is 23.9 Å². The average Bonchev–Trinajstić information content (AvgIpc) is 2.97. The molecular weight excluding hydrogens is 449 g/mol. The van der Waals surface area contributed by atoms with Gasteiger partial charge in [0.05, 0.1) is 24.6 Å². The molecule has 2 aromatic carbocycles. The van der Waals surface area contributed by atoms with Gasteiger partial charge < -0.3 is 14.7 Å². The van der Waals surface area contributed by atoms with Crippen LogP contribution in [0.3, 0.4) is 0 Å². The van der Waals surface area contributed by atoms with Gasteiger partial charge in [0.2, 0.25) is 0 Å².